The third-order valence-corrected chi connectivity index (χ3v) is 9.61. The van der Waals surface area contributed by atoms with Crippen LogP contribution in [0.1, 0.15) is 43.5 Å². The van der Waals surface area contributed by atoms with Crippen molar-refractivity contribution in [3.05, 3.63) is 84.3 Å². The maximum atomic E-state index is 13.4. The molecule has 3 N–H and O–H groups in total. The number of anilines is 1. The lowest BCUT2D eigenvalue weighted by atomic mass is 10.1. The summed E-state index contributed by atoms with van der Waals surface area (Å²) in [5, 5.41) is 7.22. The molecule has 4 aromatic rings. The highest BCUT2D eigenvalue weighted by Crippen LogP contribution is 2.39. The number of halogens is 1. The number of hydrogen-bond donors (Lipinski definition) is 3. The van der Waals surface area contributed by atoms with Crippen molar-refractivity contribution >= 4 is 46.3 Å². The normalized spacial score (nSPS) is 16.3. The standard InChI is InChI=1S/C36H39FN6O6S/c1-3-4-16-39-36(46)42-18-14-27(15-19-42)49-32-21-29-28(20-31(32)47-2)30(13-17-38-29)48-26-11-9-25(10-12-26)40-35(45)41-43-33(44)22-50-34(43)23-5-7-24(37)8-6-23/h5-13,17,20-21,27,34H,3-4,14-16,18-19,22H2,1-2H3,(H,39,46)(H2,40,41,45). The lowest BCUT2D eigenvalue weighted by molar-refractivity contribution is -0.130. The maximum Gasteiger partial charge on any atom is 0.338 e. The van der Waals surface area contributed by atoms with Gasteiger partial charge in [-0.3, -0.25) is 9.78 Å². The summed E-state index contributed by atoms with van der Waals surface area (Å²) < 4.78 is 31.7. The van der Waals surface area contributed by atoms with Crippen LogP contribution in [0, 0.1) is 5.82 Å². The summed E-state index contributed by atoms with van der Waals surface area (Å²) >= 11 is 1.35. The molecule has 0 radical (unpaired) electrons. The van der Waals surface area contributed by atoms with Crippen LogP contribution in [0.2, 0.25) is 0 Å². The second-order valence-corrected chi connectivity index (χ2v) is 13.0. The van der Waals surface area contributed by atoms with Gasteiger partial charge in [0, 0.05) is 55.8 Å². The number of likely N-dealkylation sites (tertiary alicyclic amines) is 1. The van der Waals surface area contributed by atoms with Gasteiger partial charge in [-0.2, -0.15) is 0 Å². The Morgan fingerprint density at radius 1 is 1.00 bits per heavy atom. The molecule has 2 fully saturated rings. The summed E-state index contributed by atoms with van der Waals surface area (Å²) in [6.07, 6.45) is 4.99. The summed E-state index contributed by atoms with van der Waals surface area (Å²) in [6, 6.07) is 17.4. The molecule has 6 rings (SSSR count). The van der Waals surface area contributed by atoms with E-state index in [2.05, 4.69) is 28.0 Å². The Labute approximate surface area is 293 Å². The van der Waals surface area contributed by atoms with Crippen LogP contribution in [0.5, 0.6) is 23.0 Å². The number of benzene rings is 3. The van der Waals surface area contributed by atoms with Gasteiger partial charge in [0.15, 0.2) is 11.5 Å². The number of ether oxygens (including phenoxy) is 3. The Morgan fingerprint density at radius 3 is 2.48 bits per heavy atom. The van der Waals surface area contributed by atoms with E-state index in [0.29, 0.717) is 72.2 Å². The minimum Gasteiger partial charge on any atom is -0.493 e. The third kappa shape index (κ3) is 8.30. The van der Waals surface area contributed by atoms with E-state index in [1.54, 1.807) is 55.8 Å². The fraction of sp³-hybridized carbons (Fsp3) is 0.333. The molecule has 3 heterocycles. The maximum absolute atomic E-state index is 13.4. The van der Waals surface area contributed by atoms with Crippen molar-refractivity contribution in [2.45, 2.75) is 44.1 Å². The van der Waals surface area contributed by atoms with E-state index >= 15 is 0 Å². The Balaban J connectivity index is 1.06. The lowest BCUT2D eigenvalue weighted by Gasteiger charge is -2.32. The number of amides is 5. The summed E-state index contributed by atoms with van der Waals surface area (Å²) in [7, 11) is 1.58. The number of piperidine rings is 1. The van der Waals surface area contributed by atoms with E-state index in [-0.39, 0.29) is 29.6 Å². The predicted octanol–water partition coefficient (Wildman–Crippen LogP) is 6.84. The number of thioether (sulfide) groups is 1. The number of carbonyl (C=O) groups excluding carboxylic acids is 3. The number of hydrogen-bond acceptors (Lipinski definition) is 8. The Morgan fingerprint density at radius 2 is 1.76 bits per heavy atom. The number of aromatic nitrogens is 1. The van der Waals surface area contributed by atoms with E-state index < -0.39 is 11.4 Å². The molecule has 1 atom stereocenters. The molecule has 14 heteroatoms. The van der Waals surface area contributed by atoms with Crippen LogP contribution in [0.3, 0.4) is 0 Å². The molecule has 0 aliphatic carbocycles. The van der Waals surface area contributed by atoms with Crippen molar-refractivity contribution in [2.24, 2.45) is 0 Å². The highest BCUT2D eigenvalue weighted by molar-refractivity contribution is 8.00. The van der Waals surface area contributed by atoms with Crippen LogP contribution in [-0.2, 0) is 4.79 Å². The first-order valence-corrected chi connectivity index (χ1v) is 17.6. The molecule has 5 amide bonds. The van der Waals surface area contributed by atoms with E-state index in [0.717, 1.165) is 18.2 Å². The van der Waals surface area contributed by atoms with Crippen molar-refractivity contribution in [1.29, 1.82) is 0 Å². The van der Waals surface area contributed by atoms with E-state index in [1.165, 1.54) is 28.9 Å². The molecular weight excluding hydrogens is 663 g/mol. The van der Waals surface area contributed by atoms with Crippen molar-refractivity contribution < 1.29 is 33.0 Å². The second-order valence-electron chi connectivity index (χ2n) is 11.9. The average molecular weight is 703 g/mol. The number of hydrazine groups is 1. The number of urea groups is 2. The van der Waals surface area contributed by atoms with Crippen molar-refractivity contribution in [3.63, 3.8) is 0 Å². The van der Waals surface area contributed by atoms with Gasteiger partial charge < -0.3 is 29.7 Å². The fourth-order valence-corrected chi connectivity index (χ4v) is 6.84. The van der Waals surface area contributed by atoms with Gasteiger partial charge in [-0.05, 0) is 60.5 Å². The van der Waals surface area contributed by atoms with Gasteiger partial charge in [-0.25, -0.2) is 24.4 Å². The van der Waals surface area contributed by atoms with Gasteiger partial charge in [0.1, 0.15) is 28.8 Å². The first-order valence-electron chi connectivity index (χ1n) is 16.5. The van der Waals surface area contributed by atoms with Gasteiger partial charge in [-0.1, -0.05) is 25.5 Å². The van der Waals surface area contributed by atoms with Gasteiger partial charge in [0.05, 0.1) is 18.4 Å². The molecule has 0 bridgehead atoms. The first kappa shape index (κ1) is 34.6. The summed E-state index contributed by atoms with van der Waals surface area (Å²) in [5.41, 5.74) is 4.46. The Kier molecular flexibility index (Phi) is 11.1. The highest BCUT2D eigenvalue weighted by Gasteiger charge is 2.34. The number of nitrogens with zero attached hydrogens (tertiary/aromatic N) is 3. The Bertz CT molecular complexity index is 1820. The van der Waals surface area contributed by atoms with E-state index in [1.807, 2.05) is 17.0 Å². The van der Waals surface area contributed by atoms with E-state index in [4.69, 9.17) is 14.2 Å². The minimum absolute atomic E-state index is 0.0274. The molecule has 0 saturated carbocycles. The number of carbonyl (C=O) groups is 3. The molecule has 262 valence electrons. The van der Waals surface area contributed by atoms with Gasteiger partial charge in [0.2, 0.25) is 0 Å². The second kappa shape index (κ2) is 16.0. The average Bonchev–Trinajstić information content (AvgIpc) is 3.48. The molecule has 50 heavy (non-hydrogen) atoms. The quantitative estimate of drug-likeness (QED) is 0.145. The zero-order valence-electron chi connectivity index (χ0n) is 27.8. The highest BCUT2D eigenvalue weighted by atomic mass is 32.2. The fourth-order valence-electron chi connectivity index (χ4n) is 5.73. The number of nitrogens with one attached hydrogen (secondary N) is 3. The first-order chi connectivity index (χ1) is 24.3. The molecule has 0 spiro atoms. The lowest BCUT2D eigenvalue weighted by Crippen LogP contribution is -2.46. The summed E-state index contributed by atoms with van der Waals surface area (Å²) in [6.45, 7) is 4.01. The zero-order chi connectivity index (χ0) is 35.0. The molecule has 1 unspecified atom stereocenters. The van der Waals surface area contributed by atoms with Crippen LogP contribution in [0.4, 0.5) is 19.7 Å². The molecule has 12 nitrogen and oxygen atoms in total. The molecule has 2 saturated heterocycles. The molecule has 2 aliphatic rings. The number of unbranched alkanes of at least 4 members (excludes halogenated alkanes) is 1. The van der Waals surface area contributed by atoms with Crippen LogP contribution in [-0.4, -0.2) is 71.5 Å². The zero-order valence-corrected chi connectivity index (χ0v) is 28.6. The predicted molar refractivity (Wildman–Crippen MR) is 189 cm³/mol. The SMILES string of the molecule is CCCCNC(=O)N1CCC(Oc2cc3nccc(Oc4ccc(NC(=O)NN5C(=O)CSC5c5ccc(F)cc5)cc4)c3cc2OC)CC1. The van der Waals surface area contributed by atoms with E-state index in [9.17, 15) is 18.8 Å². The molecular formula is C36H39FN6O6S. The van der Waals surface area contributed by atoms with Crippen LogP contribution in [0.25, 0.3) is 10.9 Å². The number of pyridine rings is 1. The number of methoxy groups -OCH3 is 1. The van der Waals surface area contributed by atoms with Gasteiger partial charge >= 0.3 is 12.1 Å². The van der Waals surface area contributed by atoms with Crippen LogP contribution < -0.4 is 30.3 Å². The van der Waals surface area contributed by atoms with Crippen molar-refractivity contribution in [1.82, 2.24) is 25.6 Å². The molecule has 2 aliphatic heterocycles. The van der Waals surface area contributed by atoms with Crippen LogP contribution >= 0.6 is 11.8 Å². The van der Waals surface area contributed by atoms with Crippen molar-refractivity contribution in [3.8, 4) is 23.0 Å². The third-order valence-electron chi connectivity index (χ3n) is 8.40. The largest absolute Gasteiger partial charge is 0.493 e. The topological polar surface area (TPSA) is 134 Å². The van der Waals surface area contributed by atoms with Crippen LogP contribution in [0.15, 0.2) is 72.9 Å². The summed E-state index contributed by atoms with van der Waals surface area (Å²) in [5.74, 6) is 1.75. The van der Waals surface area contributed by atoms with Crippen molar-refractivity contribution in [2.75, 3.05) is 37.8 Å². The minimum atomic E-state index is -0.592. The van der Waals surface area contributed by atoms with Gasteiger partial charge in [0.25, 0.3) is 5.91 Å². The van der Waals surface area contributed by atoms with Gasteiger partial charge in [-0.15, -0.1) is 11.8 Å². The monoisotopic (exact) mass is 702 g/mol. The number of fused-ring (bicyclic) bond motifs is 1. The molecule has 3 aromatic carbocycles. The summed E-state index contributed by atoms with van der Waals surface area (Å²) in [4.78, 5) is 44.1. The smallest absolute Gasteiger partial charge is 0.338 e. The molecule has 1 aromatic heterocycles. The number of rotatable bonds is 11. The Hall–Kier alpha value is -5.24.